The Morgan fingerprint density at radius 1 is 1.17 bits per heavy atom. The highest BCUT2D eigenvalue weighted by Crippen LogP contribution is 2.37. The van der Waals surface area contributed by atoms with Crippen molar-refractivity contribution in [2.75, 3.05) is 22.9 Å². The largest absolute Gasteiger partial charge is 0.349 e. The van der Waals surface area contributed by atoms with E-state index in [9.17, 15) is 8.78 Å². The van der Waals surface area contributed by atoms with Crippen molar-refractivity contribution in [1.82, 2.24) is 14.6 Å². The fraction of sp³-hybridized carbons (Fsp3) is 0.273. The third-order valence-corrected chi connectivity index (χ3v) is 5.68. The number of rotatable bonds is 3. The maximum atomic E-state index is 14.4. The molecule has 4 heterocycles. The van der Waals surface area contributed by atoms with Crippen LogP contribution >= 0.6 is 0 Å². The van der Waals surface area contributed by atoms with Crippen LogP contribution in [0.15, 0.2) is 60.6 Å². The second kappa shape index (κ2) is 6.99. The molecule has 7 heteroatoms. The highest BCUT2D eigenvalue weighted by molar-refractivity contribution is 5.73. The van der Waals surface area contributed by atoms with Gasteiger partial charge in [0.1, 0.15) is 23.1 Å². The third-order valence-electron chi connectivity index (χ3n) is 5.68. The summed E-state index contributed by atoms with van der Waals surface area (Å²) in [7, 11) is 0. The summed E-state index contributed by atoms with van der Waals surface area (Å²) in [5.41, 5.74) is 3.18. The Morgan fingerprint density at radius 3 is 2.93 bits per heavy atom. The van der Waals surface area contributed by atoms with Crippen LogP contribution in [0.4, 0.5) is 20.3 Å². The number of nitrogens with zero attached hydrogens (tertiary/aromatic N) is 5. The molecule has 0 unspecified atom stereocenters. The Kier molecular flexibility index (Phi) is 4.30. The first-order valence-corrected chi connectivity index (χ1v) is 9.79. The molecule has 2 aliphatic rings. The zero-order valence-electron chi connectivity index (χ0n) is 16.1. The van der Waals surface area contributed by atoms with Crippen molar-refractivity contribution < 1.29 is 8.78 Å². The van der Waals surface area contributed by atoms with E-state index in [1.54, 1.807) is 4.52 Å². The lowest BCUT2D eigenvalue weighted by atomic mass is 10.0. The van der Waals surface area contributed by atoms with Crippen molar-refractivity contribution in [2.45, 2.75) is 25.8 Å². The van der Waals surface area contributed by atoms with Gasteiger partial charge >= 0.3 is 0 Å². The molecule has 1 atom stereocenters. The number of benzene rings is 1. The number of aromatic nitrogens is 3. The van der Waals surface area contributed by atoms with E-state index in [2.05, 4.69) is 34.0 Å². The first-order valence-electron chi connectivity index (χ1n) is 9.79. The van der Waals surface area contributed by atoms with E-state index in [0.29, 0.717) is 5.56 Å². The molecule has 0 aliphatic carbocycles. The topological polar surface area (TPSA) is 36.7 Å². The molecule has 148 valence electrons. The number of allylic oxidation sites excluding steroid dienone is 3. The SMILES string of the molecule is CC1=CC=CCN1c1cnn2ccc(N3CCC[C@@H]3c3cc(F)ccc3F)nc12. The average molecular weight is 393 g/mol. The lowest BCUT2D eigenvalue weighted by Crippen LogP contribution is -2.25. The van der Waals surface area contributed by atoms with Crippen molar-refractivity contribution in [3.8, 4) is 0 Å². The molecule has 2 aliphatic heterocycles. The fourth-order valence-electron chi connectivity index (χ4n) is 4.23. The molecule has 1 fully saturated rings. The molecule has 5 nitrogen and oxygen atoms in total. The number of hydrogen-bond donors (Lipinski definition) is 0. The second-order valence-corrected chi connectivity index (χ2v) is 7.45. The Bertz CT molecular complexity index is 1130. The number of fused-ring (bicyclic) bond motifs is 1. The first kappa shape index (κ1) is 17.8. The summed E-state index contributed by atoms with van der Waals surface area (Å²) in [4.78, 5) is 9.09. The van der Waals surface area contributed by atoms with E-state index >= 15 is 0 Å². The zero-order valence-corrected chi connectivity index (χ0v) is 16.1. The molecule has 2 aromatic heterocycles. The quantitative estimate of drug-likeness (QED) is 0.650. The van der Waals surface area contributed by atoms with E-state index in [4.69, 9.17) is 4.98 Å². The predicted octanol–water partition coefficient (Wildman–Crippen LogP) is 4.63. The minimum atomic E-state index is -0.421. The average Bonchev–Trinajstić information content (AvgIpc) is 3.37. The van der Waals surface area contributed by atoms with Gasteiger partial charge in [0.2, 0.25) is 0 Å². The Morgan fingerprint density at radius 2 is 2.07 bits per heavy atom. The second-order valence-electron chi connectivity index (χ2n) is 7.45. The molecule has 3 aromatic rings. The molecular formula is C22H21F2N5. The molecule has 1 aromatic carbocycles. The van der Waals surface area contributed by atoms with Gasteiger partial charge in [-0.1, -0.05) is 12.2 Å². The molecular weight excluding hydrogens is 372 g/mol. The molecule has 0 amide bonds. The maximum absolute atomic E-state index is 14.4. The summed E-state index contributed by atoms with van der Waals surface area (Å²) < 4.78 is 29.9. The molecule has 1 saturated heterocycles. The van der Waals surface area contributed by atoms with E-state index in [1.807, 2.05) is 24.5 Å². The summed E-state index contributed by atoms with van der Waals surface area (Å²) in [5, 5.41) is 4.43. The fourth-order valence-corrected chi connectivity index (χ4v) is 4.23. The predicted molar refractivity (Wildman–Crippen MR) is 109 cm³/mol. The number of halogens is 2. The van der Waals surface area contributed by atoms with Crippen molar-refractivity contribution in [2.24, 2.45) is 0 Å². The van der Waals surface area contributed by atoms with Crippen LogP contribution in [-0.4, -0.2) is 27.7 Å². The summed E-state index contributed by atoms with van der Waals surface area (Å²) in [6, 6.07) is 5.31. The minimum absolute atomic E-state index is 0.230. The Balaban J connectivity index is 1.55. The molecule has 29 heavy (non-hydrogen) atoms. The van der Waals surface area contributed by atoms with Gasteiger partial charge in [-0.25, -0.2) is 18.3 Å². The lowest BCUT2D eigenvalue weighted by molar-refractivity contribution is 0.560. The van der Waals surface area contributed by atoms with E-state index in [1.165, 1.54) is 12.1 Å². The number of hydrogen-bond acceptors (Lipinski definition) is 4. The third kappa shape index (κ3) is 3.06. The standard InChI is InChI=1S/C22H21F2N5/c1-15-5-2-3-10-27(15)20-14-25-29-12-9-21(26-22(20)29)28-11-4-6-19(28)17-13-16(23)7-8-18(17)24/h2-3,5,7-9,12-14,19H,4,6,10-11H2,1H3/t19-/m1/s1. The van der Waals surface area contributed by atoms with Gasteiger partial charge in [0.05, 0.1) is 12.2 Å². The van der Waals surface area contributed by atoms with Crippen LogP contribution in [0, 0.1) is 11.6 Å². The molecule has 0 bridgehead atoms. The molecule has 5 rings (SSSR count). The van der Waals surface area contributed by atoms with Gasteiger partial charge in [-0.15, -0.1) is 0 Å². The molecule has 0 spiro atoms. The van der Waals surface area contributed by atoms with Crippen molar-refractivity contribution in [3.05, 3.63) is 77.8 Å². The lowest BCUT2D eigenvalue weighted by Gasteiger charge is -2.27. The minimum Gasteiger partial charge on any atom is -0.349 e. The van der Waals surface area contributed by atoms with Gasteiger partial charge in [-0.2, -0.15) is 5.10 Å². The number of anilines is 2. The van der Waals surface area contributed by atoms with Crippen LogP contribution in [0.25, 0.3) is 5.65 Å². The van der Waals surface area contributed by atoms with Crippen molar-refractivity contribution in [1.29, 1.82) is 0 Å². The Labute approximate surface area is 167 Å². The van der Waals surface area contributed by atoms with E-state index < -0.39 is 5.82 Å². The molecule has 0 saturated carbocycles. The molecule has 0 N–H and O–H groups in total. The van der Waals surface area contributed by atoms with Gasteiger partial charge in [-0.3, -0.25) is 0 Å². The van der Waals surface area contributed by atoms with Gasteiger partial charge in [-0.05, 0) is 50.1 Å². The summed E-state index contributed by atoms with van der Waals surface area (Å²) in [5.74, 6) is -0.0509. The van der Waals surface area contributed by atoms with Crippen LogP contribution in [-0.2, 0) is 0 Å². The molecule has 0 radical (unpaired) electrons. The van der Waals surface area contributed by atoms with Crippen LogP contribution in [0.1, 0.15) is 31.4 Å². The van der Waals surface area contributed by atoms with Gasteiger partial charge in [0.15, 0.2) is 5.65 Å². The summed E-state index contributed by atoms with van der Waals surface area (Å²) in [6.45, 7) is 3.56. The highest BCUT2D eigenvalue weighted by Gasteiger charge is 2.30. The van der Waals surface area contributed by atoms with Gasteiger partial charge < -0.3 is 9.80 Å². The summed E-state index contributed by atoms with van der Waals surface area (Å²) >= 11 is 0. The first-order chi connectivity index (χ1) is 14.1. The van der Waals surface area contributed by atoms with Gasteiger partial charge in [0, 0.05) is 30.5 Å². The van der Waals surface area contributed by atoms with Crippen molar-refractivity contribution in [3.63, 3.8) is 0 Å². The maximum Gasteiger partial charge on any atom is 0.181 e. The van der Waals surface area contributed by atoms with Crippen LogP contribution < -0.4 is 9.80 Å². The Hall–Kier alpha value is -3.22. The smallest absolute Gasteiger partial charge is 0.181 e. The monoisotopic (exact) mass is 393 g/mol. The van der Waals surface area contributed by atoms with Crippen LogP contribution in [0.5, 0.6) is 0 Å². The van der Waals surface area contributed by atoms with E-state index in [0.717, 1.165) is 54.8 Å². The summed E-state index contributed by atoms with van der Waals surface area (Å²) in [6.07, 6.45) is 11.5. The van der Waals surface area contributed by atoms with Crippen LogP contribution in [0.3, 0.4) is 0 Å². The normalized spacial score (nSPS) is 19.3. The zero-order chi connectivity index (χ0) is 20.0. The van der Waals surface area contributed by atoms with Crippen LogP contribution in [0.2, 0.25) is 0 Å². The highest BCUT2D eigenvalue weighted by atomic mass is 19.1. The van der Waals surface area contributed by atoms with Gasteiger partial charge in [0.25, 0.3) is 0 Å². The van der Waals surface area contributed by atoms with E-state index in [-0.39, 0.29) is 11.9 Å². The van der Waals surface area contributed by atoms with Crippen molar-refractivity contribution >= 4 is 17.2 Å².